The third kappa shape index (κ3) is 10.7. The van der Waals surface area contributed by atoms with Crippen molar-refractivity contribution in [1.82, 2.24) is 4.90 Å². The van der Waals surface area contributed by atoms with E-state index in [9.17, 15) is 14.6 Å². The van der Waals surface area contributed by atoms with Gasteiger partial charge in [0.15, 0.2) is 0 Å². The Labute approximate surface area is 351 Å². The molecule has 322 valence electrons. The molecule has 2 aromatic rings. The molecule has 2 aromatic carbocycles. The summed E-state index contributed by atoms with van der Waals surface area (Å²) in [6, 6.07) is 11.7. The van der Waals surface area contributed by atoms with E-state index in [0.717, 1.165) is 67.4 Å². The Kier molecular flexibility index (Phi) is 15.5. The molecule has 10 heteroatoms. The highest BCUT2D eigenvalue weighted by Gasteiger charge is 2.65. The smallest absolute Gasteiger partial charge is 0.239 e. The van der Waals surface area contributed by atoms with Crippen molar-refractivity contribution < 1.29 is 38.4 Å². The number of rotatable bonds is 21. The quantitative estimate of drug-likeness (QED) is 0.0734. The van der Waals surface area contributed by atoms with Crippen molar-refractivity contribution in [2.75, 3.05) is 26.4 Å². The van der Waals surface area contributed by atoms with Gasteiger partial charge < -0.3 is 34.2 Å². The van der Waals surface area contributed by atoms with Gasteiger partial charge in [-0.05, 0) is 112 Å². The number of carbonyl (C=O) groups is 1. The first-order valence-electron chi connectivity index (χ1n) is 22.1. The molecular weight excluding hydrogens is 748 g/mol. The second-order valence-corrected chi connectivity index (χ2v) is 17.9. The largest absolute Gasteiger partial charge is 0.490 e. The summed E-state index contributed by atoms with van der Waals surface area (Å²) < 4.78 is 35.0. The molecule has 0 unspecified atom stereocenters. The van der Waals surface area contributed by atoms with Gasteiger partial charge in [0.05, 0.1) is 18.2 Å². The van der Waals surface area contributed by atoms with E-state index in [0.29, 0.717) is 49.7 Å². The zero-order valence-corrected chi connectivity index (χ0v) is 35.6. The van der Waals surface area contributed by atoms with Crippen molar-refractivity contribution in [2.45, 2.75) is 134 Å². The second kappa shape index (κ2) is 20.5. The molecule has 0 saturated heterocycles. The van der Waals surface area contributed by atoms with Gasteiger partial charge in [-0.3, -0.25) is 4.79 Å². The fraction of sp³-hybridized carbons (Fsp3) is 0.592. The third-order valence-corrected chi connectivity index (χ3v) is 12.6. The first kappa shape index (κ1) is 44.6. The zero-order valence-electron chi connectivity index (χ0n) is 35.6. The molecule has 1 heterocycles. The Morgan fingerprint density at radius 1 is 0.983 bits per heavy atom. The second-order valence-electron chi connectivity index (χ2n) is 17.9. The van der Waals surface area contributed by atoms with Crippen molar-refractivity contribution in [1.29, 1.82) is 0 Å². The van der Waals surface area contributed by atoms with Gasteiger partial charge in [0.2, 0.25) is 11.7 Å². The van der Waals surface area contributed by atoms with Crippen LogP contribution < -0.4 is 9.47 Å². The minimum Gasteiger partial charge on any atom is -0.490 e. The van der Waals surface area contributed by atoms with Crippen molar-refractivity contribution in [3.8, 4) is 11.5 Å². The maximum atomic E-state index is 15.0. The van der Waals surface area contributed by atoms with Crippen LogP contribution in [0.25, 0.3) is 0 Å². The fourth-order valence-electron chi connectivity index (χ4n) is 10.0. The Morgan fingerprint density at radius 3 is 2.37 bits per heavy atom. The number of fused-ring (bicyclic) bond motifs is 2. The van der Waals surface area contributed by atoms with Gasteiger partial charge in [-0.1, -0.05) is 80.6 Å². The fourth-order valence-corrected chi connectivity index (χ4v) is 10.0. The van der Waals surface area contributed by atoms with Crippen LogP contribution in [0, 0.1) is 29.5 Å². The van der Waals surface area contributed by atoms with E-state index in [1.807, 2.05) is 37.8 Å². The molecule has 0 radical (unpaired) electrons. The molecule has 0 bridgehead atoms. The van der Waals surface area contributed by atoms with Crippen LogP contribution in [-0.2, 0) is 20.9 Å². The van der Waals surface area contributed by atoms with Gasteiger partial charge in [0, 0.05) is 44.1 Å². The number of aliphatic hydroxyl groups excluding tert-OH is 2. The number of aliphatic hydroxyl groups is 2. The van der Waals surface area contributed by atoms with E-state index < -0.39 is 23.3 Å². The van der Waals surface area contributed by atoms with Gasteiger partial charge >= 0.3 is 0 Å². The summed E-state index contributed by atoms with van der Waals surface area (Å²) in [6.45, 7) is 14.8. The van der Waals surface area contributed by atoms with Crippen LogP contribution in [0.15, 0.2) is 84.6 Å². The summed E-state index contributed by atoms with van der Waals surface area (Å²) in [7, 11) is 0. The molecule has 4 aliphatic rings. The molecule has 1 amide bonds. The van der Waals surface area contributed by atoms with E-state index >= 15 is 4.79 Å². The molecule has 0 aromatic heterocycles. The summed E-state index contributed by atoms with van der Waals surface area (Å²) in [5.74, 6) is -0.252. The molecule has 6 atom stereocenters. The average Bonchev–Trinajstić information content (AvgIpc) is 3.75. The molecule has 1 aliphatic heterocycles. The van der Waals surface area contributed by atoms with Crippen LogP contribution in [0.1, 0.15) is 121 Å². The predicted octanol–water partition coefficient (Wildman–Crippen LogP) is 9.82. The lowest BCUT2D eigenvalue weighted by Crippen LogP contribution is -2.70. The zero-order chi connectivity index (χ0) is 42.0. The number of nitrogens with zero attached hydrogens (tertiary/aromatic N) is 2. The number of benzene rings is 2. The maximum Gasteiger partial charge on any atom is 0.239 e. The standard InChI is InChI=1S/C49H67FN2O7/c1-6-28-56-38-23-24-43-41(31-38)46-39(17-11-13-27-54)36(16-10-12-26-53)30-40-42(51-59-48(3,4)5)32-44(49(58-43,47(40)46)57-29-7-2)52(33-35-18-21-37(50)22-19-35)45(55)25-20-34-14-8-9-15-34/h6-7,18-19,21-24,30-31,34,36,39,44,46-47,53-54H,1-2,8-17,20,25-29,32-33H2,3-5H3/t36-,39+,44-,46+,47+,49+/m0/s1. The highest BCUT2D eigenvalue weighted by Crippen LogP contribution is 2.62. The van der Waals surface area contributed by atoms with Gasteiger partial charge in [0.25, 0.3) is 0 Å². The Balaban J connectivity index is 1.59. The minimum absolute atomic E-state index is 0.00683. The summed E-state index contributed by atoms with van der Waals surface area (Å²) >= 11 is 0. The highest BCUT2D eigenvalue weighted by molar-refractivity contribution is 6.03. The van der Waals surface area contributed by atoms with Crippen LogP contribution in [0.3, 0.4) is 0 Å². The van der Waals surface area contributed by atoms with Crippen LogP contribution in [0.2, 0.25) is 0 Å². The Hall–Kier alpha value is -3.99. The molecular formula is C49H67FN2O7. The highest BCUT2D eigenvalue weighted by atomic mass is 19.1. The molecule has 0 spiro atoms. The molecule has 6 rings (SSSR count). The maximum absolute atomic E-state index is 15.0. The molecule has 3 aliphatic carbocycles. The van der Waals surface area contributed by atoms with Crippen molar-refractivity contribution >= 4 is 11.6 Å². The van der Waals surface area contributed by atoms with Crippen molar-refractivity contribution in [2.24, 2.45) is 28.8 Å². The van der Waals surface area contributed by atoms with Crippen LogP contribution in [-0.4, -0.2) is 70.6 Å². The normalized spacial score (nSPS) is 25.7. The number of hydrogen-bond donors (Lipinski definition) is 2. The molecule has 59 heavy (non-hydrogen) atoms. The monoisotopic (exact) mass is 814 g/mol. The molecule has 2 fully saturated rings. The van der Waals surface area contributed by atoms with Gasteiger partial charge in [0.1, 0.15) is 35.6 Å². The number of oxime groups is 1. The predicted molar refractivity (Wildman–Crippen MR) is 230 cm³/mol. The number of unbranched alkanes of at least 4 members (excludes halogenated alkanes) is 2. The lowest BCUT2D eigenvalue weighted by molar-refractivity contribution is -0.258. The molecule has 9 nitrogen and oxygen atoms in total. The first-order chi connectivity index (χ1) is 28.5. The number of halogens is 1. The lowest BCUT2D eigenvalue weighted by Gasteiger charge is -2.60. The van der Waals surface area contributed by atoms with Crippen LogP contribution >= 0.6 is 0 Å². The number of hydrogen-bond acceptors (Lipinski definition) is 8. The van der Waals surface area contributed by atoms with Crippen molar-refractivity contribution in [3.63, 3.8) is 0 Å². The summed E-state index contributed by atoms with van der Waals surface area (Å²) in [4.78, 5) is 23.2. The molecule has 2 saturated carbocycles. The van der Waals surface area contributed by atoms with Gasteiger partial charge in [-0.25, -0.2) is 4.39 Å². The Morgan fingerprint density at radius 2 is 1.69 bits per heavy atom. The van der Waals surface area contributed by atoms with Crippen LogP contribution in [0.4, 0.5) is 4.39 Å². The van der Waals surface area contributed by atoms with Gasteiger partial charge in [-0.15, -0.1) is 6.58 Å². The number of ether oxygens (including phenoxy) is 3. The summed E-state index contributed by atoms with van der Waals surface area (Å²) in [5.41, 5.74) is 2.94. The van der Waals surface area contributed by atoms with E-state index in [2.05, 4.69) is 25.3 Å². The van der Waals surface area contributed by atoms with E-state index in [1.165, 1.54) is 25.0 Å². The number of carbonyl (C=O) groups excluding carboxylic acids is 1. The van der Waals surface area contributed by atoms with E-state index in [4.69, 9.17) is 24.2 Å². The summed E-state index contributed by atoms with van der Waals surface area (Å²) in [6.07, 6.45) is 16.7. The third-order valence-electron chi connectivity index (χ3n) is 12.6. The number of allylic oxidation sites excluding steroid dienone is 1. The lowest BCUT2D eigenvalue weighted by atomic mass is 9.55. The SMILES string of the molecule is C=CCOc1ccc2c(c1)[C@H]1[C@H](CCCCO)[C@@H](CCCCO)C=C3C(=NOC(C)(C)C)C[C@H](N(Cc4ccc(F)cc4)C(=O)CCC4CCCC4)[C@@](OCC=C)(O2)[C@H]31. The minimum atomic E-state index is -1.38. The van der Waals surface area contributed by atoms with Crippen LogP contribution in [0.5, 0.6) is 11.5 Å². The van der Waals surface area contributed by atoms with Crippen molar-refractivity contribution in [3.05, 3.63) is 96.4 Å². The van der Waals surface area contributed by atoms with E-state index in [1.54, 1.807) is 24.3 Å². The topological polar surface area (TPSA) is 110 Å². The van der Waals surface area contributed by atoms with E-state index in [-0.39, 0.29) is 55.8 Å². The molecule has 2 N–H and O–H groups in total. The average molecular weight is 815 g/mol. The Bertz CT molecular complexity index is 1780. The first-order valence-corrected chi connectivity index (χ1v) is 22.1. The summed E-state index contributed by atoms with van der Waals surface area (Å²) in [5, 5.41) is 24.8. The number of amides is 1. The van der Waals surface area contributed by atoms with Gasteiger partial charge in [-0.2, -0.15) is 0 Å².